The standard InChI is InChI=1S/C17H14N4O2/c1-22-12-5-3-11(4-6-12)16-19-17-14-9-13(23-2)7-8-15(14)18-10-21(17)20-16/h3-10H,1-2H3. The van der Waals surface area contributed by atoms with Gasteiger partial charge in [0, 0.05) is 10.9 Å². The van der Waals surface area contributed by atoms with Crippen LogP contribution in [0.2, 0.25) is 0 Å². The second-order valence-corrected chi connectivity index (χ2v) is 5.06. The molecule has 0 bridgehead atoms. The lowest BCUT2D eigenvalue weighted by molar-refractivity contribution is 0.415. The summed E-state index contributed by atoms with van der Waals surface area (Å²) in [4.78, 5) is 9.06. The van der Waals surface area contributed by atoms with Crippen molar-refractivity contribution in [1.82, 2.24) is 19.6 Å². The highest BCUT2D eigenvalue weighted by molar-refractivity contribution is 5.92. The lowest BCUT2D eigenvalue weighted by Crippen LogP contribution is -1.92. The maximum atomic E-state index is 5.29. The van der Waals surface area contributed by atoms with E-state index in [4.69, 9.17) is 9.47 Å². The average Bonchev–Trinajstić information content (AvgIpc) is 3.06. The normalized spacial score (nSPS) is 11.0. The van der Waals surface area contributed by atoms with E-state index < -0.39 is 0 Å². The van der Waals surface area contributed by atoms with Gasteiger partial charge in [0.1, 0.15) is 17.8 Å². The summed E-state index contributed by atoms with van der Waals surface area (Å²) in [6.07, 6.45) is 1.67. The SMILES string of the molecule is COc1ccc(-c2nc3c4cc(OC)ccc4ncn3n2)cc1. The molecule has 0 aliphatic carbocycles. The number of nitrogens with zero attached hydrogens (tertiary/aromatic N) is 4. The molecular weight excluding hydrogens is 292 g/mol. The van der Waals surface area contributed by atoms with Gasteiger partial charge in [0.05, 0.1) is 19.7 Å². The van der Waals surface area contributed by atoms with Crippen molar-refractivity contribution < 1.29 is 9.47 Å². The molecule has 0 fully saturated rings. The van der Waals surface area contributed by atoms with Gasteiger partial charge in [0.2, 0.25) is 0 Å². The van der Waals surface area contributed by atoms with Crippen molar-refractivity contribution in [2.75, 3.05) is 14.2 Å². The van der Waals surface area contributed by atoms with Crippen molar-refractivity contribution in [1.29, 1.82) is 0 Å². The summed E-state index contributed by atoms with van der Waals surface area (Å²) >= 11 is 0. The van der Waals surface area contributed by atoms with E-state index in [1.54, 1.807) is 25.1 Å². The third kappa shape index (κ3) is 2.24. The average molecular weight is 306 g/mol. The van der Waals surface area contributed by atoms with E-state index in [0.717, 1.165) is 33.6 Å². The smallest absolute Gasteiger partial charge is 0.182 e. The second kappa shape index (κ2) is 5.24. The van der Waals surface area contributed by atoms with Crippen LogP contribution < -0.4 is 9.47 Å². The van der Waals surface area contributed by atoms with Crippen LogP contribution in [0.3, 0.4) is 0 Å². The molecule has 114 valence electrons. The lowest BCUT2D eigenvalue weighted by atomic mass is 10.2. The van der Waals surface area contributed by atoms with Gasteiger partial charge >= 0.3 is 0 Å². The van der Waals surface area contributed by atoms with E-state index in [2.05, 4.69) is 15.1 Å². The molecule has 4 rings (SSSR count). The van der Waals surface area contributed by atoms with Gasteiger partial charge < -0.3 is 9.47 Å². The molecule has 0 aliphatic heterocycles. The molecule has 0 spiro atoms. The predicted octanol–water partition coefficient (Wildman–Crippen LogP) is 2.96. The highest BCUT2D eigenvalue weighted by Crippen LogP contribution is 2.25. The van der Waals surface area contributed by atoms with Crippen molar-refractivity contribution >= 4 is 16.6 Å². The van der Waals surface area contributed by atoms with Crippen molar-refractivity contribution in [3.05, 3.63) is 48.8 Å². The van der Waals surface area contributed by atoms with Gasteiger partial charge in [-0.2, -0.15) is 0 Å². The Kier molecular flexibility index (Phi) is 3.08. The molecule has 0 N–H and O–H groups in total. The number of methoxy groups -OCH3 is 2. The maximum Gasteiger partial charge on any atom is 0.182 e. The Morgan fingerprint density at radius 2 is 1.65 bits per heavy atom. The molecule has 0 amide bonds. The van der Waals surface area contributed by atoms with Gasteiger partial charge in [0.15, 0.2) is 11.5 Å². The molecule has 0 saturated carbocycles. The zero-order valence-electron chi connectivity index (χ0n) is 12.7. The minimum absolute atomic E-state index is 0.643. The zero-order valence-corrected chi connectivity index (χ0v) is 12.7. The predicted molar refractivity (Wildman–Crippen MR) is 86.8 cm³/mol. The van der Waals surface area contributed by atoms with Gasteiger partial charge in [-0.15, -0.1) is 5.10 Å². The Labute approximate surface area is 132 Å². The van der Waals surface area contributed by atoms with E-state index >= 15 is 0 Å². The lowest BCUT2D eigenvalue weighted by Gasteiger charge is -2.02. The number of hydrogen-bond acceptors (Lipinski definition) is 5. The summed E-state index contributed by atoms with van der Waals surface area (Å²) in [5.41, 5.74) is 2.53. The fraction of sp³-hybridized carbons (Fsp3) is 0.118. The molecule has 6 nitrogen and oxygen atoms in total. The van der Waals surface area contributed by atoms with Crippen molar-refractivity contribution in [3.63, 3.8) is 0 Å². The van der Waals surface area contributed by atoms with E-state index in [0.29, 0.717) is 5.82 Å². The minimum Gasteiger partial charge on any atom is -0.497 e. The monoisotopic (exact) mass is 306 g/mol. The molecule has 2 heterocycles. The summed E-state index contributed by atoms with van der Waals surface area (Å²) in [6.45, 7) is 0. The Morgan fingerprint density at radius 1 is 0.913 bits per heavy atom. The van der Waals surface area contributed by atoms with Crippen LogP contribution in [0, 0.1) is 0 Å². The van der Waals surface area contributed by atoms with Crippen LogP contribution in [0.1, 0.15) is 0 Å². The number of hydrogen-bond donors (Lipinski definition) is 0. The molecule has 0 radical (unpaired) electrons. The van der Waals surface area contributed by atoms with E-state index in [-0.39, 0.29) is 0 Å². The van der Waals surface area contributed by atoms with Gasteiger partial charge in [-0.3, -0.25) is 0 Å². The Bertz CT molecular complexity index is 993. The number of rotatable bonds is 3. The Balaban J connectivity index is 1.90. The van der Waals surface area contributed by atoms with Gasteiger partial charge in [-0.05, 0) is 42.5 Å². The maximum absolute atomic E-state index is 5.29. The molecule has 2 aromatic carbocycles. The molecule has 6 heteroatoms. The topological polar surface area (TPSA) is 61.5 Å². The van der Waals surface area contributed by atoms with Gasteiger partial charge in [-0.25, -0.2) is 14.5 Å². The minimum atomic E-state index is 0.643. The first-order chi connectivity index (χ1) is 11.3. The summed E-state index contributed by atoms with van der Waals surface area (Å²) in [7, 11) is 3.28. The first-order valence-electron chi connectivity index (χ1n) is 7.12. The summed E-state index contributed by atoms with van der Waals surface area (Å²) < 4.78 is 12.1. The van der Waals surface area contributed by atoms with Crippen molar-refractivity contribution in [2.24, 2.45) is 0 Å². The first kappa shape index (κ1) is 13.5. The van der Waals surface area contributed by atoms with Crippen LogP contribution in [0.5, 0.6) is 11.5 Å². The summed E-state index contributed by atoms with van der Waals surface area (Å²) in [6, 6.07) is 13.4. The third-order valence-corrected chi connectivity index (χ3v) is 3.73. The van der Waals surface area contributed by atoms with Crippen LogP contribution >= 0.6 is 0 Å². The number of aromatic nitrogens is 4. The largest absolute Gasteiger partial charge is 0.497 e. The molecule has 0 saturated heterocycles. The summed E-state index contributed by atoms with van der Waals surface area (Å²) in [5, 5.41) is 5.41. The number of fused-ring (bicyclic) bond motifs is 3. The fourth-order valence-electron chi connectivity index (χ4n) is 2.50. The molecule has 2 aromatic heterocycles. The number of ether oxygens (including phenoxy) is 2. The molecule has 0 atom stereocenters. The first-order valence-corrected chi connectivity index (χ1v) is 7.12. The van der Waals surface area contributed by atoms with Crippen LogP contribution in [-0.4, -0.2) is 33.8 Å². The fourth-order valence-corrected chi connectivity index (χ4v) is 2.50. The summed E-state index contributed by atoms with van der Waals surface area (Å²) in [5.74, 6) is 2.21. The van der Waals surface area contributed by atoms with Crippen LogP contribution in [0.4, 0.5) is 0 Å². The van der Waals surface area contributed by atoms with Crippen LogP contribution in [0.25, 0.3) is 27.9 Å². The Hall–Kier alpha value is -3.15. The molecule has 0 unspecified atom stereocenters. The second-order valence-electron chi connectivity index (χ2n) is 5.06. The molecular formula is C17H14N4O2. The highest BCUT2D eigenvalue weighted by Gasteiger charge is 2.11. The zero-order chi connectivity index (χ0) is 15.8. The van der Waals surface area contributed by atoms with E-state index in [1.165, 1.54) is 0 Å². The molecule has 4 aromatic rings. The van der Waals surface area contributed by atoms with Crippen molar-refractivity contribution in [2.45, 2.75) is 0 Å². The quantitative estimate of drug-likeness (QED) is 0.582. The van der Waals surface area contributed by atoms with Gasteiger partial charge in [-0.1, -0.05) is 0 Å². The van der Waals surface area contributed by atoms with E-state index in [9.17, 15) is 0 Å². The van der Waals surface area contributed by atoms with Crippen molar-refractivity contribution in [3.8, 4) is 22.9 Å². The van der Waals surface area contributed by atoms with E-state index in [1.807, 2.05) is 42.5 Å². The van der Waals surface area contributed by atoms with Crippen LogP contribution in [0.15, 0.2) is 48.8 Å². The number of benzene rings is 2. The van der Waals surface area contributed by atoms with Crippen LogP contribution in [-0.2, 0) is 0 Å². The molecule has 0 aliphatic rings. The highest BCUT2D eigenvalue weighted by atomic mass is 16.5. The third-order valence-electron chi connectivity index (χ3n) is 3.73. The van der Waals surface area contributed by atoms with Gasteiger partial charge in [0.25, 0.3) is 0 Å². The Morgan fingerprint density at radius 3 is 2.39 bits per heavy atom. The molecule has 23 heavy (non-hydrogen) atoms.